The van der Waals surface area contributed by atoms with Crippen LogP contribution >= 0.6 is 11.8 Å². The van der Waals surface area contributed by atoms with E-state index in [2.05, 4.69) is 39.6 Å². The SMILES string of the molecule is CC.CCCCCN(CCCC)c1cc(Nc2ccn[nH]2)nc(Sc2ccc(NC(=O)C3CC3)cc2)n1. The van der Waals surface area contributed by atoms with E-state index in [0.717, 1.165) is 73.2 Å². The molecule has 0 saturated heterocycles. The van der Waals surface area contributed by atoms with Crippen molar-refractivity contribution in [3.8, 4) is 0 Å². The van der Waals surface area contributed by atoms with E-state index in [1.165, 1.54) is 24.6 Å². The smallest absolute Gasteiger partial charge is 0.227 e. The predicted octanol–water partition coefficient (Wildman–Crippen LogP) is 7.27. The van der Waals surface area contributed by atoms with Gasteiger partial charge in [0.2, 0.25) is 5.91 Å². The Balaban J connectivity index is 0.00000186. The van der Waals surface area contributed by atoms with Crippen LogP contribution < -0.4 is 15.5 Å². The molecule has 0 aliphatic heterocycles. The van der Waals surface area contributed by atoms with E-state index in [9.17, 15) is 4.79 Å². The van der Waals surface area contributed by atoms with Gasteiger partial charge in [-0.1, -0.05) is 47.0 Å². The molecule has 9 heteroatoms. The molecule has 1 fully saturated rings. The number of benzene rings is 1. The van der Waals surface area contributed by atoms with Crippen molar-refractivity contribution in [2.45, 2.75) is 82.7 Å². The second-order valence-corrected chi connectivity index (χ2v) is 9.97. The number of nitrogens with one attached hydrogen (secondary N) is 3. The average Bonchev–Trinajstić information content (AvgIpc) is 3.65. The van der Waals surface area contributed by atoms with Gasteiger partial charge in [0.15, 0.2) is 5.16 Å². The minimum absolute atomic E-state index is 0.117. The molecule has 0 spiro atoms. The van der Waals surface area contributed by atoms with E-state index in [0.29, 0.717) is 5.16 Å². The number of hydrogen-bond acceptors (Lipinski definition) is 7. The van der Waals surface area contributed by atoms with Crippen molar-refractivity contribution < 1.29 is 4.79 Å². The number of amides is 1. The first-order valence-corrected chi connectivity index (χ1v) is 14.5. The summed E-state index contributed by atoms with van der Waals surface area (Å²) in [4.78, 5) is 25.1. The highest BCUT2D eigenvalue weighted by Crippen LogP contribution is 2.32. The van der Waals surface area contributed by atoms with Crippen LogP contribution in [0.3, 0.4) is 0 Å². The van der Waals surface area contributed by atoms with Crippen molar-refractivity contribution in [1.82, 2.24) is 20.2 Å². The maximum Gasteiger partial charge on any atom is 0.227 e. The summed E-state index contributed by atoms with van der Waals surface area (Å²) in [5.41, 5.74) is 0.823. The molecule has 37 heavy (non-hydrogen) atoms. The fraction of sp³-hybridized carbons (Fsp3) is 0.500. The van der Waals surface area contributed by atoms with E-state index < -0.39 is 0 Å². The molecular weight excluding hydrogens is 482 g/mol. The molecule has 200 valence electrons. The Bertz CT molecular complexity index is 1070. The van der Waals surface area contributed by atoms with Crippen LogP contribution in [-0.2, 0) is 4.79 Å². The fourth-order valence-electron chi connectivity index (χ4n) is 3.69. The lowest BCUT2D eigenvalue weighted by molar-refractivity contribution is -0.117. The summed E-state index contributed by atoms with van der Waals surface area (Å²) < 4.78 is 0. The second-order valence-electron chi connectivity index (χ2n) is 8.93. The maximum absolute atomic E-state index is 12.0. The first-order chi connectivity index (χ1) is 18.1. The zero-order valence-electron chi connectivity index (χ0n) is 22.6. The van der Waals surface area contributed by atoms with Gasteiger partial charge >= 0.3 is 0 Å². The van der Waals surface area contributed by atoms with Crippen LogP contribution in [0.25, 0.3) is 0 Å². The number of rotatable bonds is 14. The van der Waals surface area contributed by atoms with Gasteiger partial charge in [0.05, 0.1) is 6.20 Å². The highest BCUT2D eigenvalue weighted by Gasteiger charge is 2.29. The molecule has 0 radical (unpaired) electrons. The molecule has 1 aliphatic carbocycles. The molecule has 8 nitrogen and oxygen atoms in total. The molecule has 1 amide bonds. The summed E-state index contributed by atoms with van der Waals surface area (Å²) in [6.07, 6.45) is 9.50. The number of anilines is 4. The third-order valence-electron chi connectivity index (χ3n) is 5.87. The summed E-state index contributed by atoms with van der Waals surface area (Å²) in [5.74, 6) is 2.75. The van der Waals surface area contributed by atoms with Crippen molar-refractivity contribution >= 4 is 40.8 Å². The van der Waals surface area contributed by atoms with Gasteiger partial charge in [-0.15, -0.1) is 0 Å². The van der Waals surface area contributed by atoms with Gasteiger partial charge in [0.25, 0.3) is 0 Å². The quantitative estimate of drug-likeness (QED) is 0.151. The van der Waals surface area contributed by atoms with Crippen molar-refractivity contribution in [2.24, 2.45) is 5.92 Å². The third kappa shape index (κ3) is 9.39. The largest absolute Gasteiger partial charge is 0.356 e. The van der Waals surface area contributed by atoms with Crippen LogP contribution in [-0.4, -0.2) is 39.2 Å². The number of aromatic nitrogens is 4. The van der Waals surface area contributed by atoms with Crippen molar-refractivity contribution in [3.05, 3.63) is 42.6 Å². The van der Waals surface area contributed by atoms with Gasteiger partial charge in [-0.05, 0) is 61.7 Å². The molecule has 4 rings (SSSR count). The molecule has 0 bridgehead atoms. The average molecular weight is 524 g/mol. The molecule has 1 aromatic carbocycles. The molecule has 0 unspecified atom stereocenters. The van der Waals surface area contributed by atoms with Crippen LogP contribution in [0.2, 0.25) is 0 Å². The highest BCUT2D eigenvalue weighted by molar-refractivity contribution is 7.99. The van der Waals surface area contributed by atoms with Crippen LogP contribution in [0.1, 0.15) is 72.6 Å². The molecule has 3 N–H and O–H groups in total. The van der Waals surface area contributed by atoms with Gasteiger partial charge in [0, 0.05) is 41.7 Å². The van der Waals surface area contributed by atoms with Gasteiger partial charge in [-0.25, -0.2) is 9.97 Å². The number of aromatic amines is 1. The number of unbranched alkanes of at least 4 members (excludes halogenated alkanes) is 3. The molecule has 2 aromatic heterocycles. The van der Waals surface area contributed by atoms with Crippen molar-refractivity contribution in [3.63, 3.8) is 0 Å². The van der Waals surface area contributed by atoms with Gasteiger partial charge in [-0.3, -0.25) is 9.89 Å². The minimum Gasteiger partial charge on any atom is -0.356 e. The van der Waals surface area contributed by atoms with Crippen LogP contribution in [0.4, 0.5) is 23.1 Å². The Morgan fingerprint density at radius 3 is 2.41 bits per heavy atom. The lowest BCUT2D eigenvalue weighted by Crippen LogP contribution is -2.27. The van der Waals surface area contributed by atoms with Crippen LogP contribution in [0.15, 0.2) is 52.6 Å². The summed E-state index contributed by atoms with van der Waals surface area (Å²) in [5, 5.41) is 13.9. The number of hydrogen-bond donors (Lipinski definition) is 3. The van der Waals surface area contributed by atoms with Gasteiger partial charge < -0.3 is 15.5 Å². The normalized spacial score (nSPS) is 12.4. The Morgan fingerprint density at radius 2 is 1.76 bits per heavy atom. The Morgan fingerprint density at radius 1 is 1.03 bits per heavy atom. The lowest BCUT2D eigenvalue weighted by atomic mass is 10.2. The second kappa shape index (κ2) is 15.2. The zero-order chi connectivity index (χ0) is 26.5. The summed E-state index contributed by atoms with van der Waals surface area (Å²) in [6.45, 7) is 10.4. The molecule has 1 aliphatic rings. The Labute approximate surface area is 225 Å². The first kappa shape index (κ1) is 28.5. The Kier molecular flexibility index (Phi) is 11.7. The fourth-order valence-corrected chi connectivity index (χ4v) is 4.46. The first-order valence-electron chi connectivity index (χ1n) is 13.6. The van der Waals surface area contributed by atoms with Crippen molar-refractivity contribution in [2.75, 3.05) is 28.6 Å². The zero-order valence-corrected chi connectivity index (χ0v) is 23.4. The topological polar surface area (TPSA) is 98.8 Å². The highest BCUT2D eigenvalue weighted by atomic mass is 32.2. The lowest BCUT2D eigenvalue weighted by Gasteiger charge is -2.24. The summed E-state index contributed by atoms with van der Waals surface area (Å²) >= 11 is 1.52. The molecule has 0 atom stereocenters. The van der Waals surface area contributed by atoms with Gasteiger partial charge in [-0.2, -0.15) is 5.10 Å². The molecule has 3 aromatic rings. The van der Waals surface area contributed by atoms with Crippen LogP contribution in [0, 0.1) is 5.92 Å². The van der Waals surface area contributed by atoms with E-state index in [1.807, 2.05) is 50.2 Å². The maximum atomic E-state index is 12.0. The van der Waals surface area contributed by atoms with Crippen LogP contribution in [0.5, 0.6) is 0 Å². The predicted molar refractivity (Wildman–Crippen MR) is 154 cm³/mol. The number of nitrogens with zero attached hydrogens (tertiary/aromatic N) is 4. The molecular formula is C28H41N7OS. The minimum atomic E-state index is 0.117. The van der Waals surface area contributed by atoms with Crippen molar-refractivity contribution in [1.29, 1.82) is 0 Å². The third-order valence-corrected chi connectivity index (χ3v) is 6.74. The molecule has 2 heterocycles. The number of carbonyl (C=O) groups excluding carboxylic acids is 1. The number of carbonyl (C=O) groups is 1. The number of H-pyrrole nitrogens is 1. The monoisotopic (exact) mass is 523 g/mol. The van der Waals surface area contributed by atoms with E-state index in [4.69, 9.17) is 9.97 Å². The Hall–Kier alpha value is -3.07. The standard InChI is InChI=1S/C26H35N7OS.C2H6/c1-3-5-7-17-33(16-6-4-2)24-18-23(29-22-14-15-27-32-22)30-26(31-24)35-21-12-10-20(11-13-21)28-25(34)19-8-9-19;1-2/h10-15,18-19H,3-9,16-17H2,1-2H3,(H,28,34)(H2,27,29,30,31,32);1-2H3. The van der Waals surface area contributed by atoms with E-state index in [1.54, 1.807) is 6.20 Å². The summed E-state index contributed by atoms with van der Waals surface area (Å²) in [6, 6.07) is 11.8. The van der Waals surface area contributed by atoms with E-state index in [-0.39, 0.29) is 11.8 Å². The van der Waals surface area contributed by atoms with E-state index >= 15 is 0 Å². The van der Waals surface area contributed by atoms with Gasteiger partial charge in [0.1, 0.15) is 17.5 Å². The summed E-state index contributed by atoms with van der Waals surface area (Å²) in [7, 11) is 0. The molecule has 1 saturated carbocycles.